The maximum absolute atomic E-state index is 12.4. The average molecular weight is 462 g/mol. The molecular weight excluding hydrogens is 434 g/mol. The van der Waals surface area contributed by atoms with Crippen LogP contribution >= 0.6 is 0 Å². The first kappa shape index (κ1) is 22.7. The summed E-state index contributed by atoms with van der Waals surface area (Å²) in [6.45, 7) is 7.95. The molecule has 2 aromatic carbocycles. The summed E-state index contributed by atoms with van der Waals surface area (Å²) >= 11 is 0. The van der Waals surface area contributed by atoms with Crippen molar-refractivity contribution in [1.29, 1.82) is 0 Å². The molecule has 0 radical (unpaired) electrons. The molecule has 4 aromatic rings. The minimum atomic E-state index is -3.33. The maximum Gasteiger partial charge on any atom is 0.180 e. The largest absolute Gasteiger partial charge is 0.383 e. The molecule has 33 heavy (non-hydrogen) atoms. The van der Waals surface area contributed by atoms with E-state index in [1.807, 2.05) is 6.07 Å². The normalized spacial score (nSPS) is 12.6. The number of nitrogens with one attached hydrogen (secondary N) is 1. The summed E-state index contributed by atoms with van der Waals surface area (Å²) in [6.07, 6.45) is 3.41. The van der Waals surface area contributed by atoms with Crippen LogP contribution in [0.1, 0.15) is 36.1 Å². The quantitative estimate of drug-likeness (QED) is 0.328. The van der Waals surface area contributed by atoms with Gasteiger partial charge >= 0.3 is 0 Å². The highest BCUT2D eigenvalue weighted by Crippen LogP contribution is 2.24. The smallest absolute Gasteiger partial charge is 0.180 e. The van der Waals surface area contributed by atoms with Crippen LogP contribution in [0.2, 0.25) is 0 Å². The van der Waals surface area contributed by atoms with E-state index in [-0.39, 0.29) is 0 Å². The molecule has 0 atom stereocenters. The van der Waals surface area contributed by atoms with Crippen molar-refractivity contribution in [3.63, 3.8) is 0 Å². The first-order valence-electron chi connectivity index (χ1n) is 10.7. The molecule has 0 bridgehead atoms. The Labute approximate surface area is 193 Å². The van der Waals surface area contributed by atoms with Crippen molar-refractivity contribution in [3.05, 3.63) is 77.1 Å². The third-order valence-electron chi connectivity index (χ3n) is 5.81. The first-order valence-corrected chi connectivity index (χ1v) is 12.3. The highest BCUT2D eigenvalue weighted by molar-refractivity contribution is 7.92. The number of aromatic nitrogens is 3. The summed E-state index contributed by atoms with van der Waals surface area (Å²) in [6, 6.07) is 12.9. The van der Waals surface area contributed by atoms with E-state index in [9.17, 15) is 8.42 Å². The molecule has 0 aliphatic rings. The molecular formula is C25H27N5O2S. The Balaban J connectivity index is 1.67. The van der Waals surface area contributed by atoms with Crippen LogP contribution in [0.4, 0.5) is 0 Å². The van der Waals surface area contributed by atoms with Crippen molar-refractivity contribution in [2.75, 3.05) is 0 Å². The number of hydrogen-bond donors (Lipinski definition) is 2. The molecule has 2 heterocycles. The lowest BCUT2D eigenvalue weighted by Gasteiger charge is -2.09. The van der Waals surface area contributed by atoms with Crippen LogP contribution in [0.3, 0.4) is 0 Å². The third kappa shape index (κ3) is 4.39. The topological polar surface area (TPSA) is 114 Å². The second-order valence-electron chi connectivity index (χ2n) is 8.34. The fourth-order valence-corrected chi connectivity index (χ4v) is 4.72. The number of nitrogens with two attached hydrogens (primary N) is 1. The summed E-state index contributed by atoms with van der Waals surface area (Å²) in [5.41, 5.74) is 13.1. The molecule has 4 rings (SSSR count). The lowest BCUT2D eigenvalue weighted by Crippen LogP contribution is -2.14. The van der Waals surface area contributed by atoms with Gasteiger partial charge in [-0.25, -0.2) is 18.4 Å². The molecule has 8 heteroatoms. The molecule has 0 aliphatic heterocycles. The number of nitrogens with zero attached hydrogens (tertiary/aromatic N) is 3. The number of aromatic amines is 1. The molecule has 0 unspecified atom stereocenters. The Hall–Kier alpha value is -3.52. The number of H-pyrrole nitrogens is 1. The summed E-state index contributed by atoms with van der Waals surface area (Å²) < 4.78 is 24.8. The number of sulfone groups is 1. The van der Waals surface area contributed by atoms with Crippen LogP contribution in [0, 0.1) is 13.8 Å². The van der Waals surface area contributed by atoms with Crippen LogP contribution in [0.15, 0.2) is 64.7 Å². The summed E-state index contributed by atoms with van der Waals surface area (Å²) in [4.78, 5) is 17.2. The molecule has 0 fully saturated rings. The van der Waals surface area contributed by atoms with Crippen molar-refractivity contribution in [1.82, 2.24) is 15.0 Å². The zero-order valence-electron chi connectivity index (χ0n) is 19.1. The van der Waals surface area contributed by atoms with Gasteiger partial charge in [0.1, 0.15) is 11.4 Å². The Kier molecular flexibility index (Phi) is 6.03. The molecule has 170 valence electrons. The lowest BCUT2D eigenvalue weighted by molar-refractivity contribution is 0.587. The number of aliphatic imine (C=N–C) groups is 1. The zero-order valence-corrected chi connectivity index (χ0v) is 19.9. The summed E-state index contributed by atoms with van der Waals surface area (Å²) in [5, 5.41) is -0.479. The van der Waals surface area contributed by atoms with Gasteiger partial charge < -0.3 is 10.7 Å². The third-order valence-corrected chi connectivity index (χ3v) is 7.98. The number of aryl methyl sites for hydroxylation is 2. The van der Waals surface area contributed by atoms with E-state index in [0.29, 0.717) is 39.7 Å². The molecule has 0 spiro atoms. The van der Waals surface area contributed by atoms with Gasteiger partial charge in [-0.3, -0.25) is 4.99 Å². The maximum atomic E-state index is 12.4. The average Bonchev–Trinajstić information content (AvgIpc) is 3.22. The van der Waals surface area contributed by atoms with Crippen LogP contribution in [0.5, 0.6) is 0 Å². The molecule has 0 saturated heterocycles. The Morgan fingerprint density at radius 1 is 1.09 bits per heavy atom. The Morgan fingerprint density at radius 2 is 1.76 bits per heavy atom. The molecule has 0 saturated carbocycles. The Morgan fingerprint density at radius 3 is 2.39 bits per heavy atom. The summed E-state index contributed by atoms with van der Waals surface area (Å²) in [5.74, 6) is 0.383. The number of benzene rings is 2. The van der Waals surface area contributed by atoms with Gasteiger partial charge in [-0.05, 0) is 56.5 Å². The van der Waals surface area contributed by atoms with Crippen LogP contribution in [-0.2, 0) is 16.4 Å². The van der Waals surface area contributed by atoms with E-state index in [1.165, 1.54) is 11.1 Å². The number of hydrogen-bond acceptors (Lipinski definition) is 5. The van der Waals surface area contributed by atoms with E-state index >= 15 is 0 Å². The predicted molar refractivity (Wildman–Crippen MR) is 132 cm³/mol. The van der Waals surface area contributed by atoms with E-state index in [1.54, 1.807) is 50.5 Å². The number of rotatable bonds is 6. The minimum absolute atomic E-state index is 0.292. The highest BCUT2D eigenvalue weighted by atomic mass is 32.2. The number of fused-ring (bicyclic) bond motifs is 1. The molecule has 2 aromatic heterocycles. The van der Waals surface area contributed by atoms with E-state index in [4.69, 9.17) is 10.7 Å². The molecule has 7 nitrogen and oxygen atoms in total. The van der Waals surface area contributed by atoms with Crippen molar-refractivity contribution in [2.24, 2.45) is 10.7 Å². The summed E-state index contributed by atoms with van der Waals surface area (Å²) in [7, 11) is -3.33. The van der Waals surface area contributed by atoms with Crippen molar-refractivity contribution >= 4 is 26.8 Å². The lowest BCUT2D eigenvalue weighted by atomic mass is 10.0. The van der Waals surface area contributed by atoms with Gasteiger partial charge in [0.2, 0.25) is 0 Å². The first-order chi connectivity index (χ1) is 15.7. The van der Waals surface area contributed by atoms with Crippen molar-refractivity contribution in [3.8, 4) is 11.3 Å². The second-order valence-corrected chi connectivity index (χ2v) is 10.8. The van der Waals surface area contributed by atoms with Crippen LogP contribution in [0.25, 0.3) is 22.4 Å². The van der Waals surface area contributed by atoms with Gasteiger partial charge in [0.05, 0.1) is 34.1 Å². The molecule has 0 aliphatic carbocycles. The molecule has 3 N–H and O–H groups in total. The SMILES string of the molecule is Cc1cccc(C)c1CN=C(N)c1c[nH]c2ncc(-c3ccc(S(=O)(=O)C(C)C)cc3)nc12. The second kappa shape index (κ2) is 8.78. The van der Waals surface area contributed by atoms with Gasteiger partial charge in [-0.1, -0.05) is 30.3 Å². The fraction of sp³-hybridized carbons (Fsp3) is 0.240. The van der Waals surface area contributed by atoms with Gasteiger partial charge in [0, 0.05) is 11.8 Å². The van der Waals surface area contributed by atoms with E-state index in [2.05, 4.69) is 40.9 Å². The van der Waals surface area contributed by atoms with Gasteiger partial charge in [0.25, 0.3) is 0 Å². The zero-order chi connectivity index (χ0) is 23.8. The molecule has 0 amide bonds. The van der Waals surface area contributed by atoms with Gasteiger partial charge in [-0.2, -0.15) is 0 Å². The monoisotopic (exact) mass is 461 g/mol. The van der Waals surface area contributed by atoms with Crippen molar-refractivity contribution < 1.29 is 8.42 Å². The van der Waals surface area contributed by atoms with E-state index in [0.717, 1.165) is 11.1 Å². The van der Waals surface area contributed by atoms with Crippen LogP contribution in [-0.4, -0.2) is 34.5 Å². The fourth-order valence-electron chi connectivity index (χ4n) is 3.66. The van der Waals surface area contributed by atoms with Crippen molar-refractivity contribution in [2.45, 2.75) is 44.4 Å². The number of amidine groups is 1. The predicted octanol–water partition coefficient (Wildman–Crippen LogP) is 4.33. The van der Waals surface area contributed by atoms with Gasteiger partial charge in [0.15, 0.2) is 15.5 Å². The van der Waals surface area contributed by atoms with Crippen LogP contribution < -0.4 is 5.73 Å². The standard InChI is InChI=1S/C25H27N5O2S/c1-15(2)33(31,32)19-10-8-18(9-11-19)22-14-29-25-23(30-22)21(13-28-25)24(26)27-12-20-16(3)6-5-7-17(20)4/h5-11,13-15H,12H2,1-4H3,(H2,26,27)(H,28,29). The van der Waals surface area contributed by atoms with E-state index < -0.39 is 15.1 Å². The minimum Gasteiger partial charge on any atom is -0.383 e. The Bertz CT molecular complexity index is 1430. The highest BCUT2D eigenvalue weighted by Gasteiger charge is 2.19. The van der Waals surface area contributed by atoms with Gasteiger partial charge in [-0.15, -0.1) is 0 Å².